The molecule has 0 bridgehead atoms. The summed E-state index contributed by atoms with van der Waals surface area (Å²) in [6.07, 6.45) is 0. The molecule has 5 nitrogen and oxygen atoms in total. The number of aliphatic carboxylic acids is 1. The molecular weight excluding hydrogens is 300 g/mol. The Morgan fingerprint density at radius 2 is 1.86 bits per heavy atom. The van der Waals surface area contributed by atoms with Crippen molar-refractivity contribution >= 4 is 23.6 Å². The number of nitrogens with zero attached hydrogens (tertiary/aromatic N) is 1. The Morgan fingerprint density at radius 3 is 2.41 bits per heavy atom. The second-order valence-electron chi connectivity index (χ2n) is 4.83. The van der Waals surface area contributed by atoms with E-state index < -0.39 is 12.0 Å². The van der Waals surface area contributed by atoms with Gasteiger partial charge in [-0.25, -0.2) is 4.79 Å². The number of carboxylic acid groups (broad SMARTS) is 1. The zero-order valence-corrected chi connectivity index (χ0v) is 13.9. The van der Waals surface area contributed by atoms with Crippen LogP contribution >= 0.6 is 11.8 Å². The molecule has 22 heavy (non-hydrogen) atoms. The highest BCUT2D eigenvalue weighted by molar-refractivity contribution is 7.99. The van der Waals surface area contributed by atoms with Crippen molar-refractivity contribution in [2.75, 3.05) is 31.1 Å². The largest absolute Gasteiger partial charge is 0.479 e. The van der Waals surface area contributed by atoms with Crippen molar-refractivity contribution in [2.45, 2.75) is 19.9 Å². The summed E-state index contributed by atoms with van der Waals surface area (Å²) < 4.78 is 0. The van der Waals surface area contributed by atoms with Crippen LogP contribution < -0.4 is 5.32 Å². The van der Waals surface area contributed by atoms with Gasteiger partial charge in [0.1, 0.15) is 0 Å². The molecule has 1 aromatic rings. The maximum absolute atomic E-state index is 11.9. The minimum Gasteiger partial charge on any atom is -0.479 e. The minimum atomic E-state index is -1.05. The van der Waals surface area contributed by atoms with Crippen LogP contribution in [0.2, 0.25) is 0 Å². The van der Waals surface area contributed by atoms with Crippen LogP contribution in [0.5, 0.6) is 0 Å². The number of thioether (sulfide) groups is 1. The molecule has 0 radical (unpaired) electrons. The van der Waals surface area contributed by atoms with E-state index in [4.69, 9.17) is 0 Å². The molecule has 0 saturated heterocycles. The number of carboxylic acids is 1. The Morgan fingerprint density at radius 1 is 1.23 bits per heavy atom. The second kappa shape index (κ2) is 10.2. The van der Waals surface area contributed by atoms with Gasteiger partial charge < -0.3 is 15.3 Å². The summed E-state index contributed by atoms with van der Waals surface area (Å²) in [6, 6.07) is 7.75. The van der Waals surface area contributed by atoms with E-state index in [0.717, 1.165) is 25.4 Å². The lowest BCUT2D eigenvalue weighted by atomic mass is 10.1. The van der Waals surface area contributed by atoms with E-state index >= 15 is 0 Å². The van der Waals surface area contributed by atoms with Crippen molar-refractivity contribution < 1.29 is 14.7 Å². The average Bonchev–Trinajstić information content (AvgIpc) is 2.53. The third-order valence-electron chi connectivity index (χ3n) is 3.36. The Labute approximate surface area is 136 Å². The third-order valence-corrected chi connectivity index (χ3v) is 4.30. The molecule has 0 spiro atoms. The predicted octanol–water partition coefficient (Wildman–Crippen LogP) is 2.00. The molecule has 0 aliphatic heterocycles. The van der Waals surface area contributed by atoms with Gasteiger partial charge >= 0.3 is 5.97 Å². The summed E-state index contributed by atoms with van der Waals surface area (Å²) in [5.74, 6) is -0.163. The van der Waals surface area contributed by atoms with Gasteiger partial charge in [0.05, 0.1) is 5.75 Å². The third kappa shape index (κ3) is 6.49. The lowest BCUT2D eigenvalue weighted by Crippen LogP contribution is -2.35. The Bertz CT molecular complexity index is 464. The van der Waals surface area contributed by atoms with Crippen molar-refractivity contribution in [3.05, 3.63) is 35.9 Å². The highest BCUT2D eigenvalue weighted by atomic mass is 32.2. The van der Waals surface area contributed by atoms with E-state index in [0.29, 0.717) is 5.56 Å². The Hall–Kier alpha value is -1.53. The maximum Gasteiger partial charge on any atom is 0.330 e. The number of amides is 1. The van der Waals surface area contributed by atoms with Crippen LogP contribution in [0.3, 0.4) is 0 Å². The Balaban J connectivity index is 2.40. The van der Waals surface area contributed by atoms with Crippen LogP contribution in [0.4, 0.5) is 0 Å². The lowest BCUT2D eigenvalue weighted by molar-refractivity contribution is -0.141. The highest BCUT2D eigenvalue weighted by Crippen LogP contribution is 2.13. The topological polar surface area (TPSA) is 69.6 Å². The van der Waals surface area contributed by atoms with Gasteiger partial charge in [0.15, 0.2) is 6.04 Å². The number of rotatable bonds is 10. The summed E-state index contributed by atoms with van der Waals surface area (Å²) >= 11 is 1.52. The number of hydrogen-bond donors (Lipinski definition) is 2. The van der Waals surface area contributed by atoms with Crippen LogP contribution in [0.1, 0.15) is 25.5 Å². The van der Waals surface area contributed by atoms with Gasteiger partial charge in [-0.3, -0.25) is 4.79 Å². The highest BCUT2D eigenvalue weighted by Gasteiger charge is 2.21. The van der Waals surface area contributed by atoms with E-state index in [2.05, 4.69) is 24.1 Å². The van der Waals surface area contributed by atoms with Crippen molar-refractivity contribution in [1.29, 1.82) is 0 Å². The number of carbonyl (C=O) groups is 2. The summed E-state index contributed by atoms with van der Waals surface area (Å²) in [7, 11) is 0. The fraction of sp³-hybridized carbons (Fsp3) is 0.500. The van der Waals surface area contributed by atoms with Crippen LogP contribution in [0, 0.1) is 0 Å². The maximum atomic E-state index is 11.9. The van der Waals surface area contributed by atoms with Gasteiger partial charge in [0, 0.05) is 12.3 Å². The summed E-state index contributed by atoms with van der Waals surface area (Å²) in [5, 5.41) is 11.8. The SMILES string of the molecule is CCN(CC)CCSCC(=O)N[C@H](C(=O)O)c1ccccc1. The van der Waals surface area contributed by atoms with E-state index in [1.165, 1.54) is 11.8 Å². The molecule has 0 heterocycles. The molecule has 1 rings (SSSR count). The number of benzene rings is 1. The van der Waals surface area contributed by atoms with Crippen LogP contribution in [-0.4, -0.2) is 53.0 Å². The first-order valence-electron chi connectivity index (χ1n) is 7.45. The number of hydrogen-bond acceptors (Lipinski definition) is 4. The quantitative estimate of drug-likeness (QED) is 0.644. The zero-order chi connectivity index (χ0) is 16.4. The van der Waals surface area contributed by atoms with Gasteiger partial charge in [0.25, 0.3) is 0 Å². The van der Waals surface area contributed by atoms with E-state index in [9.17, 15) is 14.7 Å². The first-order chi connectivity index (χ1) is 10.6. The molecule has 1 amide bonds. The first-order valence-corrected chi connectivity index (χ1v) is 8.61. The molecule has 0 aromatic heterocycles. The van der Waals surface area contributed by atoms with Crippen molar-refractivity contribution in [3.8, 4) is 0 Å². The van der Waals surface area contributed by atoms with Gasteiger partial charge in [-0.2, -0.15) is 11.8 Å². The molecule has 122 valence electrons. The molecule has 6 heteroatoms. The smallest absolute Gasteiger partial charge is 0.330 e. The summed E-state index contributed by atoms with van der Waals surface area (Å²) in [5.41, 5.74) is 0.580. The van der Waals surface area contributed by atoms with Crippen LogP contribution in [-0.2, 0) is 9.59 Å². The first kappa shape index (κ1) is 18.5. The second-order valence-corrected chi connectivity index (χ2v) is 5.93. The van der Waals surface area contributed by atoms with Gasteiger partial charge in [0.2, 0.25) is 5.91 Å². The zero-order valence-electron chi connectivity index (χ0n) is 13.1. The average molecular weight is 324 g/mol. The molecule has 0 saturated carbocycles. The molecule has 0 unspecified atom stereocenters. The minimum absolute atomic E-state index is 0.249. The standard InChI is InChI=1S/C16H24N2O3S/c1-3-18(4-2)10-11-22-12-14(19)17-15(16(20)21)13-8-6-5-7-9-13/h5-9,15H,3-4,10-12H2,1-2H3,(H,17,19)(H,20,21)/t15-/m0/s1. The molecule has 2 N–H and O–H groups in total. The lowest BCUT2D eigenvalue weighted by Gasteiger charge is -2.18. The molecule has 0 aliphatic carbocycles. The number of carbonyl (C=O) groups excluding carboxylic acids is 1. The molecule has 1 aromatic carbocycles. The van der Waals surface area contributed by atoms with E-state index in [-0.39, 0.29) is 11.7 Å². The van der Waals surface area contributed by atoms with Crippen molar-refractivity contribution in [3.63, 3.8) is 0 Å². The van der Waals surface area contributed by atoms with Crippen LogP contribution in [0.15, 0.2) is 30.3 Å². The summed E-state index contributed by atoms with van der Waals surface area (Å²) in [4.78, 5) is 25.5. The van der Waals surface area contributed by atoms with Gasteiger partial charge in [-0.05, 0) is 18.7 Å². The van der Waals surface area contributed by atoms with E-state index in [1.54, 1.807) is 24.3 Å². The van der Waals surface area contributed by atoms with Crippen LogP contribution in [0.25, 0.3) is 0 Å². The predicted molar refractivity (Wildman–Crippen MR) is 90.1 cm³/mol. The molecule has 0 fully saturated rings. The van der Waals surface area contributed by atoms with Gasteiger partial charge in [-0.1, -0.05) is 44.2 Å². The fourth-order valence-electron chi connectivity index (χ4n) is 2.03. The molecule has 0 aliphatic rings. The fourth-order valence-corrected chi connectivity index (χ4v) is 2.83. The summed E-state index contributed by atoms with van der Waals surface area (Å²) in [6.45, 7) is 7.15. The number of nitrogens with one attached hydrogen (secondary N) is 1. The van der Waals surface area contributed by atoms with E-state index in [1.807, 2.05) is 6.07 Å². The van der Waals surface area contributed by atoms with Crippen molar-refractivity contribution in [1.82, 2.24) is 10.2 Å². The molecular formula is C16H24N2O3S. The molecule has 1 atom stereocenters. The van der Waals surface area contributed by atoms with Gasteiger partial charge in [-0.15, -0.1) is 0 Å². The van der Waals surface area contributed by atoms with Crippen molar-refractivity contribution in [2.24, 2.45) is 0 Å². The Kier molecular flexibility index (Phi) is 8.62. The monoisotopic (exact) mass is 324 g/mol. The normalized spacial score (nSPS) is 12.1.